The number of thiophene rings is 1. The summed E-state index contributed by atoms with van der Waals surface area (Å²) in [5.41, 5.74) is 1.12. The molecule has 0 aliphatic heterocycles. The average molecular weight is 356 g/mol. The topological polar surface area (TPSA) is 104 Å². The van der Waals surface area contributed by atoms with Crippen LogP contribution in [0.2, 0.25) is 5.02 Å². The average Bonchev–Trinajstić information content (AvgIpc) is 3.04. The minimum absolute atomic E-state index is 0.133. The van der Waals surface area contributed by atoms with E-state index < -0.39 is 11.9 Å². The predicted octanol–water partition coefficient (Wildman–Crippen LogP) is 2.53. The molecule has 0 saturated heterocycles. The van der Waals surface area contributed by atoms with Gasteiger partial charge < -0.3 is 15.5 Å². The Kier molecular flexibility index (Phi) is 7.96. The highest BCUT2D eigenvalue weighted by Gasteiger charge is 2.05. The first-order chi connectivity index (χ1) is 10.9. The van der Waals surface area contributed by atoms with Crippen LogP contribution in [0.4, 0.5) is 0 Å². The first-order valence-electron chi connectivity index (χ1n) is 6.38. The third kappa shape index (κ3) is 7.55. The van der Waals surface area contributed by atoms with Crippen LogP contribution in [0, 0.1) is 0 Å². The second-order valence-corrected chi connectivity index (χ2v) is 5.62. The molecule has 0 bridgehead atoms. The van der Waals surface area contributed by atoms with Gasteiger partial charge in [-0.15, -0.1) is 11.3 Å². The van der Waals surface area contributed by atoms with E-state index in [9.17, 15) is 4.79 Å². The maximum Gasteiger partial charge on any atom is 0.414 e. The summed E-state index contributed by atoms with van der Waals surface area (Å²) < 4.78 is 0. The van der Waals surface area contributed by atoms with Crippen molar-refractivity contribution in [3.8, 4) is 0 Å². The summed E-state index contributed by atoms with van der Waals surface area (Å²) in [5, 5.41) is 20.5. The van der Waals surface area contributed by atoms with E-state index in [1.807, 2.05) is 41.8 Å². The van der Waals surface area contributed by atoms with Gasteiger partial charge in [-0.3, -0.25) is 4.79 Å². The van der Waals surface area contributed by atoms with E-state index in [1.165, 1.54) is 11.3 Å². The van der Waals surface area contributed by atoms with Gasteiger partial charge in [0.2, 0.25) is 0 Å². The Bertz CT molecular complexity index is 643. The van der Waals surface area contributed by atoms with Crippen molar-refractivity contribution in [3.63, 3.8) is 0 Å². The normalized spacial score (nSPS) is 9.61. The molecule has 2 rings (SSSR count). The fraction of sp³-hybridized carbons (Fsp3) is 0.133. The van der Waals surface area contributed by atoms with Gasteiger partial charge in [0, 0.05) is 11.6 Å². The van der Waals surface area contributed by atoms with Crippen LogP contribution in [-0.4, -0.2) is 34.5 Å². The number of benzene rings is 1. The number of rotatable bonds is 5. The third-order valence-corrected chi connectivity index (χ3v) is 3.67. The summed E-state index contributed by atoms with van der Waals surface area (Å²) in [4.78, 5) is 30.7. The van der Waals surface area contributed by atoms with Crippen LogP contribution in [0.15, 0.2) is 41.8 Å². The Morgan fingerprint density at radius 3 is 2.13 bits per heavy atom. The molecule has 6 nitrogen and oxygen atoms in total. The molecule has 0 aliphatic carbocycles. The van der Waals surface area contributed by atoms with Crippen molar-refractivity contribution in [2.45, 2.75) is 6.54 Å². The number of hydrogen-bond acceptors (Lipinski definition) is 5. The van der Waals surface area contributed by atoms with Gasteiger partial charge in [0.1, 0.15) is 0 Å². The van der Waals surface area contributed by atoms with E-state index in [2.05, 4.69) is 5.32 Å². The smallest absolute Gasteiger partial charge is 0.414 e. The van der Waals surface area contributed by atoms with Gasteiger partial charge in [0.05, 0.1) is 11.4 Å². The van der Waals surface area contributed by atoms with Crippen LogP contribution >= 0.6 is 22.9 Å². The van der Waals surface area contributed by atoms with Gasteiger partial charge in [-0.25, -0.2) is 9.59 Å². The molecule has 2 aromatic rings. The van der Waals surface area contributed by atoms with E-state index in [0.29, 0.717) is 13.1 Å². The second kappa shape index (κ2) is 9.73. The SMILES string of the molecule is O=C(CNCc1ccc(Cl)cc1)c1cccs1.O=C(O)C(=O)O. The molecule has 0 amide bonds. The van der Waals surface area contributed by atoms with Crippen LogP contribution in [0.25, 0.3) is 0 Å². The van der Waals surface area contributed by atoms with Crippen LogP contribution in [-0.2, 0) is 16.1 Å². The van der Waals surface area contributed by atoms with Gasteiger partial charge in [-0.05, 0) is 29.1 Å². The lowest BCUT2D eigenvalue weighted by molar-refractivity contribution is -0.159. The number of carbonyl (C=O) groups excluding carboxylic acids is 1. The van der Waals surface area contributed by atoms with Crippen molar-refractivity contribution in [2.75, 3.05) is 6.54 Å². The van der Waals surface area contributed by atoms with Gasteiger partial charge in [0.25, 0.3) is 0 Å². The zero-order valence-electron chi connectivity index (χ0n) is 11.9. The zero-order chi connectivity index (χ0) is 17.2. The maximum absolute atomic E-state index is 11.7. The molecule has 0 saturated carbocycles. The largest absolute Gasteiger partial charge is 0.473 e. The first kappa shape index (κ1) is 18.8. The summed E-state index contributed by atoms with van der Waals surface area (Å²) in [6, 6.07) is 11.3. The Labute approximate surface area is 141 Å². The lowest BCUT2D eigenvalue weighted by atomic mass is 10.2. The van der Waals surface area contributed by atoms with Crippen molar-refractivity contribution in [1.29, 1.82) is 0 Å². The van der Waals surface area contributed by atoms with Crippen molar-refractivity contribution in [2.24, 2.45) is 0 Å². The van der Waals surface area contributed by atoms with E-state index in [4.69, 9.17) is 31.4 Å². The molecule has 0 aliphatic rings. The lowest BCUT2D eigenvalue weighted by Crippen LogP contribution is -2.21. The number of ketones is 1. The van der Waals surface area contributed by atoms with Crippen LogP contribution < -0.4 is 5.32 Å². The van der Waals surface area contributed by atoms with Gasteiger partial charge in [0.15, 0.2) is 5.78 Å². The number of Topliss-reactive ketones (excluding diaryl/α,β-unsaturated/α-hetero) is 1. The van der Waals surface area contributed by atoms with E-state index in [-0.39, 0.29) is 5.78 Å². The maximum atomic E-state index is 11.7. The second-order valence-electron chi connectivity index (χ2n) is 4.24. The highest BCUT2D eigenvalue weighted by atomic mass is 35.5. The Balaban J connectivity index is 0.000000379. The fourth-order valence-corrected chi connectivity index (χ4v) is 2.24. The minimum atomic E-state index is -1.82. The number of carboxylic acids is 2. The number of carboxylic acid groups (broad SMARTS) is 2. The molecule has 3 N–H and O–H groups in total. The zero-order valence-corrected chi connectivity index (χ0v) is 13.4. The quantitative estimate of drug-likeness (QED) is 0.562. The molecule has 122 valence electrons. The molecule has 23 heavy (non-hydrogen) atoms. The number of halogens is 1. The van der Waals surface area contributed by atoms with Gasteiger partial charge >= 0.3 is 11.9 Å². The molecule has 1 aromatic carbocycles. The molecule has 0 atom stereocenters. The molecule has 0 spiro atoms. The summed E-state index contributed by atoms with van der Waals surface area (Å²) in [6.07, 6.45) is 0. The number of hydrogen-bond donors (Lipinski definition) is 3. The summed E-state index contributed by atoms with van der Waals surface area (Å²) in [7, 11) is 0. The van der Waals surface area contributed by atoms with E-state index in [1.54, 1.807) is 0 Å². The molecule has 1 heterocycles. The molecule has 8 heteroatoms. The van der Waals surface area contributed by atoms with Crippen molar-refractivity contribution < 1.29 is 24.6 Å². The Morgan fingerprint density at radius 2 is 1.65 bits per heavy atom. The summed E-state index contributed by atoms with van der Waals surface area (Å²) in [5.74, 6) is -3.51. The molecule has 0 unspecified atom stereocenters. The molecule has 0 radical (unpaired) electrons. The Morgan fingerprint density at radius 1 is 1.04 bits per heavy atom. The van der Waals surface area contributed by atoms with Crippen molar-refractivity contribution in [1.82, 2.24) is 5.32 Å². The van der Waals surface area contributed by atoms with Crippen molar-refractivity contribution in [3.05, 3.63) is 57.2 Å². The van der Waals surface area contributed by atoms with Gasteiger partial charge in [-0.1, -0.05) is 29.8 Å². The third-order valence-electron chi connectivity index (χ3n) is 2.51. The number of aliphatic carboxylic acids is 2. The van der Waals surface area contributed by atoms with E-state index in [0.717, 1.165) is 15.5 Å². The molecular weight excluding hydrogens is 342 g/mol. The Hall–Kier alpha value is -2.22. The van der Waals surface area contributed by atoms with Crippen LogP contribution in [0.3, 0.4) is 0 Å². The monoisotopic (exact) mass is 355 g/mol. The summed E-state index contributed by atoms with van der Waals surface area (Å²) in [6.45, 7) is 1.04. The standard InChI is InChI=1S/C13H12ClNOS.C2H2O4/c14-11-5-3-10(4-6-11)8-15-9-12(16)13-2-1-7-17-13;3-1(4)2(5)6/h1-7,15H,8-9H2;(H,3,4)(H,5,6). The lowest BCUT2D eigenvalue weighted by Gasteiger charge is -2.03. The van der Waals surface area contributed by atoms with Crippen LogP contribution in [0.5, 0.6) is 0 Å². The van der Waals surface area contributed by atoms with E-state index >= 15 is 0 Å². The molecular formula is C15H14ClNO5S. The fourth-order valence-electron chi connectivity index (χ4n) is 1.45. The number of carbonyl (C=O) groups is 3. The number of nitrogens with one attached hydrogen (secondary N) is 1. The van der Waals surface area contributed by atoms with Crippen LogP contribution in [0.1, 0.15) is 15.2 Å². The highest BCUT2D eigenvalue weighted by Crippen LogP contribution is 2.10. The van der Waals surface area contributed by atoms with Gasteiger partial charge in [-0.2, -0.15) is 0 Å². The molecule has 0 fully saturated rings. The summed E-state index contributed by atoms with van der Waals surface area (Å²) >= 11 is 7.26. The minimum Gasteiger partial charge on any atom is -0.473 e. The predicted molar refractivity (Wildman–Crippen MR) is 87.1 cm³/mol. The first-order valence-corrected chi connectivity index (χ1v) is 7.64. The van der Waals surface area contributed by atoms with Crippen molar-refractivity contribution >= 4 is 40.7 Å². The highest BCUT2D eigenvalue weighted by molar-refractivity contribution is 7.12. The molecule has 1 aromatic heterocycles.